The average molecular weight is 469 g/mol. The highest BCUT2D eigenvalue weighted by Crippen LogP contribution is 2.42. The van der Waals surface area contributed by atoms with E-state index in [-0.39, 0.29) is 0 Å². The molecule has 0 unspecified atom stereocenters. The average Bonchev–Trinajstić information content (AvgIpc) is 2.83. The van der Waals surface area contributed by atoms with Gasteiger partial charge < -0.3 is 5.32 Å². The van der Waals surface area contributed by atoms with Gasteiger partial charge in [-0.3, -0.25) is 4.98 Å². The molecule has 1 N–H and O–H groups in total. The molecule has 5 aromatic rings. The van der Waals surface area contributed by atoms with E-state index in [9.17, 15) is 0 Å². The lowest BCUT2D eigenvalue weighted by molar-refractivity contribution is 1.10. The van der Waals surface area contributed by atoms with Gasteiger partial charge in [-0.15, -0.1) is 0 Å². The van der Waals surface area contributed by atoms with Crippen molar-refractivity contribution in [1.82, 2.24) is 4.98 Å². The molecular formula is C29H22Cl2N2. The summed E-state index contributed by atoms with van der Waals surface area (Å²) in [6, 6.07) is 32.6. The lowest BCUT2D eigenvalue weighted by Gasteiger charge is -2.21. The molecule has 162 valence electrons. The van der Waals surface area contributed by atoms with Crippen molar-refractivity contribution >= 4 is 45.5 Å². The maximum Gasteiger partial charge on any atom is 0.0763 e. The largest absolute Gasteiger partial charge is 0.352 e. The predicted octanol–water partition coefficient (Wildman–Crippen LogP) is 8.85. The van der Waals surface area contributed by atoms with E-state index in [1.807, 2.05) is 42.5 Å². The monoisotopic (exact) mass is 468 g/mol. The minimum absolute atomic E-state index is 0.573. The molecule has 1 aromatic heterocycles. The van der Waals surface area contributed by atoms with Crippen molar-refractivity contribution in [3.63, 3.8) is 0 Å². The SMILES string of the molecule is Cc1ccc2nc(Cc3ccccc3)c(-c3ccccc3)c(Nc3c(Cl)cccc3Cl)c2c1. The van der Waals surface area contributed by atoms with Crippen LogP contribution in [0.3, 0.4) is 0 Å². The summed E-state index contributed by atoms with van der Waals surface area (Å²) in [6.07, 6.45) is 0.708. The summed E-state index contributed by atoms with van der Waals surface area (Å²) in [7, 11) is 0. The Labute approximate surface area is 203 Å². The van der Waals surface area contributed by atoms with Crippen LogP contribution in [0.2, 0.25) is 10.0 Å². The fourth-order valence-corrected chi connectivity index (χ4v) is 4.62. The van der Waals surface area contributed by atoms with Gasteiger partial charge >= 0.3 is 0 Å². The molecule has 4 aromatic carbocycles. The molecule has 1 heterocycles. The van der Waals surface area contributed by atoms with Gasteiger partial charge in [0.1, 0.15) is 0 Å². The molecule has 0 fully saturated rings. The van der Waals surface area contributed by atoms with Gasteiger partial charge in [0.05, 0.1) is 32.6 Å². The van der Waals surface area contributed by atoms with Crippen LogP contribution in [0.5, 0.6) is 0 Å². The fraction of sp³-hybridized carbons (Fsp3) is 0.0690. The van der Waals surface area contributed by atoms with Crippen LogP contribution in [0, 0.1) is 6.92 Å². The lowest BCUT2D eigenvalue weighted by atomic mass is 9.94. The fourth-order valence-electron chi connectivity index (χ4n) is 4.13. The molecule has 0 aliphatic heterocycles. The maximum absolute atomic E-state index is 6.57. The number of anilines is 2. The molecule has 0 saturated carbocycles. The topological polar surface area (TPSA) is 24.9 Å². The number of nitrogens with zero attached hydrogens (tertiary/aromatic N) is 1. The highest BCUT2D eigenvalue weighted by molar-refractivity contribution is 6.39. The number of halogens is 2. The number of aryl methyl sites for hydroxylation is 1. The Kier molecular flexibility index (Phi) is 6.04. The summed E-state index contributed by atoms with van der Waals surface area (Å²) in [5, 5.41) is 5.78. The standard InChI is InChI=1S/C29H22Cl2N2/c1-19-15-16-25-22(17-19)28(33-29-23(30)13-8-14-24(29)31)27(21-11-6-3-7-12-21)26(32-25)18-20-9-4-2-5-10-20/h2-17H,18H2,1H3,(H,32,33). The molecule has 0 aliphatic rings. The second-order valence-electron chi connectivity index (χ2n) is 8.08. The normalized spacial score (nSPS) is 11.0. The van der Waals surface area contributed by atoms with E-state index in [1.54, 1.807) is 0 Å². The number of pyridine rings is 1. The molecule has 2 nitrogen and oxygen atoms in total. The van der Waals surface area contributed by atoms with E-state index in [2.05, 4.69) is 66.8 Å². The predicted molar refractivity (Wildman–Crippen MR) is 141 cm³/mol. The smallest absolute Gasteiger partial charge is 0.0763 e. The van der Waals surface area contributed by atoms with Gasteiger partial charge in [-0.1, -0.05) is 102 Å². The van der Waals surface area contributed by atoms with Crippen LogP contribution in [0.15, 0.2) is 97.1 Å². The summed E-state index contributed by atoms with van der Waals surface area (Å²) >= 11 is 13.1. The highest BCUT2D eigenvalue weighted by atomic mass is 35.5. The zero-order valence-electron chi connectivity index (χ0n) is 18.1. The third-order valence-electron chi connectivity index (χ3n) is 5.71. The van der Waals surface area contributed by atoms with Crippen LogP contribution in [0.25, 0.3) is 22.0 Å². The number of para-hydroxylation sites is 1. The number of hydrogen-bond donors (Lipinski definition) is 1. The van der Waals surface area contributed by atoms with Gasteiger partial charge in [0.25, 0.3) is 0 Å². The molecule has 4 heteroatoms. The maximum atomic E-state index is 6.57. The molecule has 0 amide bonds. The van der Waals surface area contributed by atoms with E-state index < -0.39 is 0 Å². The number of benzene rings is 4. The first-order valence-corrected chi connectivity index (χ1v) is 11.6. The Morgan fingerprint density at radius 3 is 2.09 bits per heavy atom. The van der Waals surface area contributed by atoms with Gasteiger partial charge in [0, 0.05) is 17.4 Å². The van der Waals surface area contributed by atoms with Gasteiger partial charge in [0.2, 0.25) is 0 Å². The van der Waals surface area contributed by atoms with Crippen LogP contribution >= 0.6 is 23.2 Å². The van der Waals surface area contributed by atoms with Crippen molar-refractivity contribution in [2.45, 2.75) is 13.3 Å². The van der Waals surface area contributed by atoms with Crippen molar-refractivity contribution in [3.05, 3.63) is 124 Å². The lowest BCUT2D eigenvalue weighted by Crippen LogP contribution is -2.04. The Bertz CT molecular complexity index is 1410. The minimum atomic E-state index is 0.573. The van der Waals surface area contributed by atoms with E-state index in [0.717, 1.165) is 39.0 Å². The zero-order valence-corrected chi connectivity index (χ0v) is 19.7. The Balaban J connectivity index is 1.82. The van der Waals surface area contributed by atoms with Gasteiger partial charge in [-0.25, -0.2) is 0 Å². The molecule has 0 aliphatic carbocycles. The highest BCUT2D eigenvalue weighted by Gasteiger charge is 2.19. The number of nitrogens with one attached hydrogen (secondary N) is 1. The zero-order chi connectivity index (χ0) is 22.8. The minimum Gasteiger partial charge on any atom is -0.352 e. The molecule has 0 bridgehead atoms. The van der Waals surface area contributed by atoms with Gasteiger partial charge in [-0.05, 0) is 42.3 Å². The molecule has 0 spiro atoms. The summed E-state index contributed by atoms with van der Waals surface area (Å²) in [6.45, 7) is 2.09. The number of aromatic nitrogens is 1. The van der Waals surface area contributed by atoms with Crippen LogP contribution in [0.4, 0.5) is 11.4 Å². The van der Waals surface area contributed by atoms with Crippen LogP contribution in [-0.2, 0) is 6.42 Å². The van der Waals surface area contributed by atoms with Crippen molar-refractivity contribution < 1.29 is 0 Å². The summed E-state index contributed by atoms with van der Waals surface area (Å²) in [5.41, 5.74) is 8.07. The van der Waals surface area contributed by atoms with E-state index in [0.29, 0.717) is 22.2 Å². The quantitative estimate of drug-likeness (QED) is 0.278. The molecule has 0 atom stereocenters. The van der Waals surface area contributed by atoms with Crippen LogP contribution < -0.4 is 5.32 Å². The van der Waals surface area contributed by atoms with E-state index >= 15 is 0 Å². The first-order valence-electron chi connectivity index (χ1n) is 10.8. The number of fused-ring (bicyclic) bond motifs is 1. The molecule has 0 radical (unpaired) electrons. The molecular weight excluding hydrogens is 447 g/mol. The van der Waals surface area contributed by atoms with Crippen molar-refractivity contribution in [3.8, 4) is 11.1 Å². The summed E-state index contributed by atoms with van der Waals surface area (Å²) in [5.74, 6) is 0. The first kappa shape index (κ1) is 21.5. The van der Waals surface area contributed by atoms with Crippen molar-refractivity contribution in [2.24, 2.45) is 0 Å². The Morgan fingerprint density at radius 2 is 1.39 bits per heavy atom. The third kappa shape index (κ3) is 4.45. The van der Waals surface area contributed by atoms with Gasteiger partial charge in [-0.2, -0.15) is 0 Å². The van der Waals surface area contributed by atoms with Gasteiger partial charge in [0.15, 0.2) is 0 Å². The van der Waals surface area contributed by atoms with Crippen LogP contribution in [-0.4, -0.2) is 4.98 Å². The molecule has 5 rings (SSSR count). The Morgan fingerprint density at radius 1 is 0.727 bits per heavy atom. The molecule has 33 heavy (non-hydrogen) atoms. The van der Waals surface area contributed by atoms with E-state index in [1.165, 1.54) is 5.56 Å². The number of rotatable bonds is 5. The first-order chi connectivity index (χ1) is 16.1. The van der Waals surface area contributed by atoms with E-state index in [4.69, 9.17) is 28.2 Å². The second kappa shape index (κ2) is 9.27. The Hall–Kier alpha value is -3.33. The van der Waals surface area contributed by atoms with Crippen molar-refractivity contribution in [1.29, 1.82) is 0 Å². The molecule has 0 saturated heterocycles. The van der Waals surface area contributed by atoms with Crippen molar-refractivity contribution in [2.75, 3.05) is 5.32 Å². The summed E-state index contributed by atoms with van der Waals surface area (Å²) in [4.78, 5) is 5.13. The third-order valence-corrected chi connectivity index (χ3v) is 6.33. The number of hydrogen-bond acceptors (Lipinski definition) is 2. The van der Waals surface area contributed by atoms with Crippen LogP contribution in [0.1, 0.15) is 16.8 Å². The summed E-state index contributed by atoms with van der Waals surface area (Å²) < 4.78 is 0. The second-order valence-corrected chi connectivity index (χ2v) is 8.89.